The van der Waals surface area contributed by atoms with Crippen molar-refractivity contribution in [2.45, 2.75) is 32.3 Å². The van der Waals surface area contributed by atoms with Crippen LogP contribution in [0.25, 0.3) is 0 Å². The van der Waals surface area contributed by atoms with Crippen molar-refractivity contribution in [2.75, 3.05) is 24.5 Å². The van der Waals surface area contributed by atoms with Gasteiger partial charge in [-0.1, -0.05) is 17.7 Å². The molecular formula is C22H25N3O3. The Kier molecular flexibility index (Phi) is 5.28. The monoisotopic (exact) mass is 379 g/mol. The van der Waals surface area contributed by atoms with Crippen LogP contribution in [0.4, 0.5) is 5.69 Å². The molecule has 6 heteroatoms. The van der Waals surface area contributed by atoms with Crippen molar-refractivity contribution >= 4 is 17.5 Å². The molecule has 0 aliphatic carbocycles. The molecule has 3 heterocycles. The molecule has 0 unspecified atom stereocenters. The van der Waals surface area contributed by atoms with Gasteiger partial charge in [-0.25, -0.2) is 0 Å². The van der Waals surface area contributed by atoms with Crippen molar-refractivity contribution in [1.82, 2.24) is 9.88 Å². The Bertz CT molecular complexity index is 830. The lowest BCUT2D eigenvalue weighted by molar-refractivity contribution is -0.137. The van der Waals surface area contributed by atoms with E-state index in [1.54, 1.807) is 17.3 Å². The van der Waals surface area contributed by atoms with Gasteiger partial charge in [0.15, 0.2) is 0 Å². The molecule has 0 radical (unpaired) electrons. The minimum atomic E-state index is -0.258. The highest BCUT2D eigenvalue weighted by Crippen LogP contribution is 2.28. The highest BCUT2D eigenvalue weighted by molar-refractivity contribution is 6.00. The van der Waals surface area contributed by atoms with E-state index in [0.29, 0.717) is 26.1 Å². The Morgan fingerprint density at radius 3 is 2.43 bits per heavy atom. The van der Waals surface area contributed by atoms with Crippen LogP contribution in [-0.4, -0.2) is 47.4 Å². The quantitative estimate of drug-likeness (QED) is 0.820. The van der Waals surface area contributed by atoms with E-state index in [-0.39, 0.29) is 23.8 Å². The average Bonchev–Trinajstić information content (AvgIpc) is 3.11. The molecule has 2 saturated heterocycles. The standard InChI is InChI=1S/C22H25N3O3/c1-16-2-4-18(5-3-16)25-15-17(14-21(25)26)22(27)24-12-8-20(9-13-24)28-19-6-10-23-11-7-19/h2-7,10-11,17,20H,8-9,12-15H2,1H3/t17-/m0/s1. The minimum absolute atomic E-state index is 0.0260. The summed E-state index contributed by atoms with van der Waals surface area (Å²) in [6.45, 7) is 3.83. The smallest absolute Gasteiger partial charge is 0.228 e. The molecule has 1 aromatic carbocycles. The van der Waals surface area contributed by atoms with Crippen LogP contribution in [0.2, 0.25) is 0 Å². The van der Waals surface area contributed by atoms with Crippen LogP contribution in [0.3, 0.4) is 0 Å². The zero-order chi connectivity index (χ0) is 19.5. The summed E-state index contributed by atoms with van der Waals surface area (Å²) in [5, 5.41) is 0. The fourth-order valence-electron chi connectivity index (χ4n) is 3.91. The fourth-order valence-corrected chi connectivity index (χ4v) is 3.91. The summed E-state index contributed by atoms with van der Waals surface area (Å²) in [6, 6.07) is 11.6. The first-order valence-corrected chi connectivity index (χ1v) is 9.82. The maximum absolute atomic E-state index is 12.9. The second-order valence-electron chi connectivity index (χ2n) is 7.57. The Morgan fingerprint density at radius 1 is 1.07 bits per heavy atom. The Hall–Kier alpha value is -2.89. The average molecular weight is 379 g/mol. The number of ether oxygens (including phenoxy) is 1. The molecule has 28 heavy (non-hydrogen) atoms. The number of piperidine rings is 1. The molecule has 2 fully saturated rings. The second-order valence-corrected chi connectivity index (χ2v) is 7.57. The van der Waals surface area contributed by atoms with E-state index < -0.39 is 0 Å². The van der Waals surface area contributed by atoms with Crippen LogP contribution < -0.4 is 9.64 Å². The molecule has 2 amide bonds. The maximum Gasteiger partial charge on any atom is 0.228 e. The zero-order valence-electron chi connectivity index (χ0n) is 16.1. The van der Waals surface area contributed by atoms with Gasteiger partial charge >= 0.3 is 0 Å². The predicted octanol–water partition coefficient (Wildman–Crippen LogP) is 2.81. The third kappa shape index (κ3) is 4.01. The lowest BCUT2D eigenvalue weighted by Crippen LogP contribution is -2.44. The third-order valence-corrected chi connectivity index (χ3v) is 5.53. The number of rotatable bonds is 4. The fraction of sp³-hybridized carbons (Fsp3) is 0.409. The maximum atomic E-state index is 12.9. The molecule has 1 atom stereocenters. The number of aryl methyl sites for hydroxylation is 1. The number of anilines is 1. The number of benzene rings is 1. The Morgan fingerprint density at radius 2 is 1.75 bits per heavy atom. The Balaban J connectivity index is 1.32. The van der Waals surface area contributed by atoms with E-state index >= 15 is 0 Å². The second kappa shape index (κ2) is 8.00. The van der Waals surface area contributed by atoms with Crippen LogP contribution in [0.1, 0.15) is 24.8 Å². The number of amides is 2. The van der Waals surface area contributed by atoms with Gasteiger partial charge in [0.25, 0.3) is 0 Å². The van der Waals surface area contributed by atoms with Gasteiger partial charge in [-0.3, -0.25) is 14.6 Å². The van der Waals surface area contributed by atoms with Crippen LogP contribution >= 0.6 is 0 Å². The number of hydrogen-bond donors (Lipinski definition) is 0. The molecule has 0 saturated carbocycles. The first-order chi connectivity index (χ1) is 13.6. The minimum Gasteiger partial charge on any atom is -0.490 e. The summed E-state index contributed by atoms with van der Waals surface area (Å²) in [5.74, 6) is 0.671. The lowest BCUT2D eigenvalue weighted by atomic mass is 10.0. The van der Waals surface area contributed by atoms with Crippen LogP contribution in [-0.2, 0) is 9.59 Å². The zero-order valence-corrected chi connectivity index (χ0v) is 16.1. The first kappa shape index (κ1) is 18.5. The van der Waals surface area contributed by atoms with Crippen molar-refractivity contribution in [1.29, 1.82) is 0 Å². The summed E-state index contributed by atoms with van der Waals surface area (Å²) in [4.78, 5) is 33.0. The molecule has 1 aromatic heterocycles. The van der Waals surface area contributed by atoms with Gasteiger partial charge in [-0.2, -0.15) is 0 Å². The number of hydrogen-bond acceptors (Lipinski definition) is 4. The number of likely N-dealkylation sites (tertiary alicyclic amines) is 1. The molecule has 0 spiro atoms. The highest BCUT2D eigenvalue weighted by atomic mass is 16.5. The number of aromatic nitrogens is 1. The largest absolute Gasteiger partial charge is 0.490 e. The van der Waals surface area contributed by atoms with Gasteiger partial charge in [-0.05, 0) is 31.2 Å². The van der Waals surface area contributed by atoms with E-state index in [0.717, 1.165) is 29.8 Å². The predicted molar refractivity (Wildman–Crippen MR) is 106 cm³/mol. The van der Waals surface area contributed by atoms with E-state index in [2.05, 4.69) is 4.98 Å². The van der Waals surface area contributed by atoms with Gasteiger partial charge in [0, 0.05) is 57.0 Å². The molecule has 6 nitrogen and oxygen atoms in total. The van der Waals surface area contributed by atoms with E-state index in [9.17, 15) is 9.59 Å². The van der Waals surface area contributed by atoms with Gasteiger partial charge in [0.2, 0.25) is 11.8 Å². The number of carbonyl (C=O) groups is 2. The van der Waals surface area contributed by atoms with E-state index in [1.165, 1.54) is 0 Å². The lowest BCUT2D eigenvalue weighted by Gasteiger charge is -2.33. The number of nitrogens with zero attached hydrogens (tertiary/aromatic N) is 3. The SMILES string of the molecule is Cc1ccc(N2C[C@@H](C(=O)N3CCC(Oc4ccncc4)CC3)CC2=O)cc1. The molecule has 146 valence electrons. The summed E-state index contributed by atoms with van der Waals surface area (Å²) in [7, 11) is 0. The molecule has 2 aliphatic rings. The van der Waals surface area contributed by atoms with E-state index in [1.807, 2.05) is 48.2 Å². The van der Waals surface area contributed by atoms with Crippen molar-refractivity contribution in [3.05, 3.63) is 54.4 Å². The van der Waals surface area contributed by atoms with Crippen molar-refractivity contribution < 1.29 is 14.3 Å². The summed E-state index contributed by atoms with van der Waals surface area (Å²) >= 11 is 0. The number of carbonyl (C=O) groups excluding carboxylic acids is 2. The molecule has 0 N–H and O–H groups in total. The van der Waals surface area contributed by atoms with E-state index in [4.69, 9.17) is 4.74 Å². The van der Waals surface area contributed by atoms with Gasteiger partial charge < -0.3 is 14.5 Å². The number of pyridine rings is 1. The molecular weight excluding hydrogens is 354 g/mol. The van der Waals surface area contributed by atoms with Gasteiger partial charge in [0.05, 0.1) is 5.92 Å². The van der Waals surface area contributed by atoms with Crippen LogP contribution in [0.15, 0.2) is 48.8 Å². The van der Waals surface area contributed by atoms with Crippen molar-refractivity contribution in [2.24, 2.45) is 5.92 Å². The first-order valence-electron chi connectivity index (χ1n) is 9.82. The summed E-state index contributed by atoms with van der Waals surface area (Å²) < 4.78 is 5.97. The molecule has 2 aliphatic heterocycles. The van der Waals surface area contributed by atoms with Crippen molar-refractivity contribution in [3.63, 3.8) is 0 Å². The summed E-state index contributed by atoms with van der Waals surface area (Å²) in [5.41, 5.74) is 2.02. The van der Waals surface area contributed by atoms with Gasteiger partial charge in [-0.15, -0.1) is 0 Å². The van der Waals surface area contributed by atoms with Crippen LogP contribution in [0.5, 0.6) is 5.75 Å². The summed E-state index contributed by atoms with van der Waals surface area (Å²) in [6.07, 6.45) is 5.43. The topological polar surface area (TPSA) is 62.7 Å². The van der Waals surface area contributed by atoms with Gasteiger partial charge in [0.1, 0.15) is 11.9 Å². The molecule has 2 aromatic rings. The third-order valence-electron chi connectivity index (χ3n) is 5.53. The van der Waals surface area contributed by atoms with Crippen molar-refractivity contribution in [3.8, 4) is 5.75 Å². The highest BCUT2D eigenvalue weighted by Gasteiger charge is 2.38. The Labute approximate surface area is 165 Å². The normalized spacial score (nSPS) is 20.5. The molecule has 4 rings (SSSR count). The molecule has 0 bridgehead atoms. The van der Waals surface area contributed by atoms with Crippen LogP contribution in [0, 0.1) is 12.8 Å².